The Labute approximate surface area is 119 Å². The lowest BCUT2D eigenvalue weighted by Crippen LogP contribution is -2.40. The standard InChI is InChI=1S/C14H20N4O2/c1-5-17(11(2)10-16(3)4)14-7-6-13(18(19)20)8-12(14)9-15/h6-8,11H,5,10H2,1-4H3. The maximum Gasteiger partial charge on any atom is 0.270 e. The van der Waals surface area contributed by atoms with Crippen molar-refractivity contribution in [1.82, 2.24) is 4.90 Å². The lowest BCUT2D eigenvalue weighted by atomic mass is 10.1. The van der Waals surface area contributed by atoms with Gasteiger partial charge in [0, 0.05) is 31.3 Å². The number of rotatable bonds is 6. The largest absolute Gasteiger partial charge is 0.367 e. The molecular formula is C14H20N4O2. The third-order valence-corrected chi connectivity index (χ3v) is 3.12. The highest BCUT2D eigenvalue weighted by Gasteiger charge is 2.19. The molecule has 0 spiro atoms. The summed E-state index contributed by atoms with van der Waals surface area (Å²) in [6.45, 7) is 5.66. The average molecular weight is 276 g/mol. The van der Waals surface area contributed by atoms with Crippen molar-refractivity contribution in [2.24, 2.45) is 0 Å². The Kier molecular flexibility index (Phi) is 5.47. The first-order chi connectivity index (χ1) is 9.40. The molecule has 0 aliphatic carbocycles. The van der Waals surface area contributed by atoms with Crippen LogP contribution in [0.25, 0.3) is 0 Å². The van der Waals surface area contributed by atoms with E-state index in [-0.39, 0.29) is 11.7 Å². The molecule has 6 heteroatoms. The van der Waals surface area contributed by atoms with Gasteiger partial charge in [0.1, 0.15) is 6.07 Å². The lowest BCUT2D eigenvalue weighted by Gasteiger charge is -2.32. The van der Waals surface area contributed by atoms with Crippen LogP contribution in [0.4, 0.5) is 11.4 Å². The van der Waals surface area contributed by atoms with Crippen molar-refractivity contribution in [3.63, 3.8) is 0 Å². The second kappa shape index (κ2) is 6.87. The second-order valence-electron chi connectivity index (χ2n) is 4.97. The van der Waals surface area contributed by atoms with Crippen molar-refractivity contribution in [1.29, 1.82) is 5.26 Å². The van der Waals surface area contributed by atoms with Crippen LogP contribution in [-0.4, -0.2) is 43.0 Å². The number of anilines is 1. The summed E-state index contributed by atoms with van der Waals surface area (Å²) in [6, 6.07) is 6.70. The Morgan fingerprint density at radius 3 is 2.55 bits per heavy atom. The van der Waals surface area contributed by atoms with Gasteiger partial charge in [0.05, 0.1) is 16.2 Å². The number of nitro groups is 1. The number of nitriles is 1. The van der Waals surface area contributed by atoms with E-state index in [1.807, 2.05) is 21.0 Å². The van der Waals surface area contributed by atoms with Crippen molar-refractivity contribution < 1.29 is 4.92 Å². The van der Waals surface area contributed by atoms with Gasteiger partial charge in [0.25, 0.3) is 5.69 Å². The van der Waals surface area contributed by atoms with Gasteiger partial charge in [-0.15, -0.1) is 0 Å². The highest BCUT2D eigenvalue weighted by Crippen LogP contribution is 2.26. The molecule has 0 aliphatic rings. The Bertz CT molecular complexity index is 522. The maximum atomic E-state index is 10.8. The van der Waals surface area contributed by atoms with Gasteiger partial charge >= 0.3 is 0 Å². The molecule has 0 heterocycles. The van der Waals surface area contributed by atoms with E-state index in [4.69, 9.17) is 0 Å². The van der Waals surface area contributed by atoms with Gasteiger partial charge in [-0.1, -0.05) is 0 Å². The van der Waals surface area contributed by atoms with Crippen molar-refractivity contribution in [3.05, 3.63) is 33.9 Å². The van der Waals surface area contributed by atoms with E-state index in [1.54, 1.807) is 6.07 Å². The fourth-order valence-corrected chi connectivity index (χ4v) is 2.32. The number of benzene rings is 1. The summed E-state index contributed by atoms with van der Waals surface area (Å²) >= 11 is 0. The quantitative estimate of drug-likeness (QED) is 0.588. The maximum absolute atomic E-state index is 10.8. The number of nitro benzene ring substituents is 1. The Morgan fingerprint density at radius 1 is 1.45 bits per heavy atom. The third-order valence-electron chi connectivity index (χ3n) is 3.12. The summed E-state index contributed by atoms with van der Waals surface area (Å²) in [6.07, 6.45) is 0. The molecule has 1 aromatic rings. The molecule has 0 radical (unpaired) electrons. The number of non-ortho nitro benzene ring substituents is 1. The van der Waals surface area contributed by atoms with E-state index in [0.29, 0.717) is 5.56 Å². The number of hydrogen-bond acceptors (Lipinski definition) is 5. The first kappa shape index (κ1) is 15.9. The molecule has 1 aromatic carbocycles. The summed E-state index contributed by atoms with van der Waals surface area (Å²) in [4.78, 5) is 14.5. The molecule has 0 bridgehead atoms. The van der Waals surface area contributed by atoms with Gasteiger partial charge < -0.3 is 9.80 Å². The highest BCUT2D eigenvalue weighted by molar-refractivity contribution is 5.63. The van der Waals surface area contributed by atoms with Gasteiger partial charge in [-0.2, -0.15) is 5.26 Å². The van der Waals surface area contributed by atoms with Gasteiger partial charge in [0.2, 0.25) is 0 Å². The van der Waals surface area contributed by atoms with Crippen molar-refractivity contribution >= 4 is 11.4 Å². The minimum atomic E-state index is -0.482. The van der Waals surface area contributed by atoms with Crippen LogP contribution in [0.15, 0.2) is 18.2 Å². The average Bonchev–Trinajstić information content (AvgIpc) is 2.38. The van der Waals surface area contributed by atoms with E-state index < -0.39 is 4.92 Å². The van der Waals surface area contributed by atoms with E-state index in [0.717, 1.165) is 18.8 Å². The van der Waals surface area contributed by atoms with Crippen LogP contribution in [0, 0.1) is 21.4 Å². The van der Waals surface area contributed by atoms with Crippen molar-refractivity contribution in [3.8, 4) is 6.07 Å². The Hall–Kier alpha value is -2.13. The Balaban J connectivity index is 3.16. The molecule has 0 aromatic heterocycles. The molecule has 0 amide bonds. The molecule has 1 rings (SSSR count). The zero-order valence-corrected chi connectivity index (χ0v) is 12.3. The normalized spacial score (nSPS) is 12.0. The van der Waals surface area contributed by atoms with Crippen LogP contribution in [0.5, 0.6) is 0 Å². The van der Waals surface area contributed by atoms with Gasteiger partial charge in [-0.25, -0.2) is 0 Å². The van der Waals surface area contributed by atoms with Gasteiger partial charge in [-0.05, 0) is 34.0 Å². The highest BCUT2D eigenvalue weighted by atomic mass is 16.6. The minimum absolute atomic E-state index is 0.0541. The summed E-state index contributed by atoms with van der Waals surface area (Å²) in [5.74, 6) is 0. The molecule has 1 atom stereocenters. The summed E-state index contributed by atoms with van der Waals surface area (Å²) < 4.78 is 0. The zero-order chi connectivity index (χ0) is 15.3. The predicted molar refractivity (Wildman–Crippen MR) is 78.8 cm³/mol. The first-order valence-corrected chi connectivity index (χ1v) is 6.50. The molecule has 1 unspecified atom stereocenters. The van der Waals surface area contributed by atoms with Gasteiger partial charge in [-0.3, -0.25) is 10.1 Å². The summed E-state index contributed by atoms with van der Waals surface area (Å²) in [5, 5.41) is 20.0. The van der Waals surface area contributed by atoms with Crippen LogP contribution in [0.3, 0.4) is 0 Å². The van der Waals surface area contributed by atoms with Crippen LogP contribution >= 0.6 is 0 Å². The smallest absolute Gasteiger partial charge is 0.270 e. The molecule has 6 nitrogen and oxygen atoms in total. The summed E-state index contributed by atoms with van der Waals surface area (Å²) in [7, 11) is 3.98. The first-order valence-electron chi connectivity index (χ1n) is 6.50. The minimum Gasteiger partial charge on any atom is -0.367 e. The number of likely N-dealkylation sites (N-methyl/N-ethyl adjacent to an activating group) is 2. The molecule has 0 fully saturated rings. The monoisotopic (exact) mass is 276 g/mol. The van der Waals surface area contributed by atoms with E-state index >= 15 is 0 Å². The fourth-order valence-electron chi connectivity index (χ4n) is 2.32. The van der Waals surface area contributed by atoms with Gasteiger partial charge in [0.15, 0.2) is 0 Å². The van der Waals surface area contributed by atoms with Crippen LogP contribution in [0.2, 0.25) is 0 Å². The Morgan fingerprint density at radius 2 is 2.10 bits per heavy atom. The summed E-state index contributed by atoms with van der Waals surface area (Å²) in [5.41, 5.74) is 1.03. The van der Waals surface area contributed by atoms with Crippen LogP contribution in [0.1, 0.15) is 19.4 Å². The topological polar surface area (TPSA) is 73.4 Å². The molecule has 0 saturated heterocycles. The lowest BCUT2D eigenvalue weighted by molar-refractivity contribution is -0.384. The van der Waals surface area contributed by atoms with Crippen molar-refractivity contribution in [2.45, 2.75) is 19.9 Å². The number of hydrogen-bond donors (Lipinski definition) is 0. The molecule has 0 N–H and O–H groups in total. The second-order valence-corrected chi connectivity index (χ2v) is 4.97. The molecule has 20 heavy (non-hydrogen) atoms. The van der Waals surface area contributed by atoms with E-state index in [2.05, 4.69) is 22.8 Å². The molecular weight excluding hydrogens is 256 g/mol. The van der Waals surface area contributed by atoms with E-state index in [9.17, 15) is 15.4 Å². The molecule has 0 saturated carbocycles. The third kappa shape index (κ3) is 3.68. The molecule has 108 valence electrons. The fraction of sp³-hybridized carbons (Fsp3) is 0.500. The van der Waals surface area contributed by atoms with E-state index in [1.165, 1.54) is 12.1 Å². The zero-order valence-electron chi connectivity index (χ0n) is 12.3. The number of nitrogens with zero attached hydrogens (tertiary/aromatic N) is 4. The SMILES string of the molecule is CCN(c1ccc([N+](=O)[O-])cc1C#N)C(C)CN(C)C. The molecule has 0 aliphatic heterocycles. The van der Waals surface area contributed by atoms with Crippen LogP contribution < -0.4 is 4.90 Å². The predicted octanol–water partition coefficient (Wildman–Crippen LogP) is 2.24. The van der Waals surface area contributed by atoms with Crippen molar-refractivity contribution in [2.75, 3.05) is 32.1 Å². The van der Waals surface area contributed by atoms with Crippen LogP contribution in [-0.2, 0) is 0 Å².